The van der Waals surface area contributed by atoms with E-state index in [4.69, 9.17) is 0 Å². The molecular formula is C30H39BrN6O6S. The molecule has 2 aliphatic carbocycles. The molecule has 0 aromatic carbocycles. The third kappa shape index (κ3) is 8.20. The van der Waals surface area contributed by atoms with Crippen molar-refractivity contribution >= 4 is 62.4 Å². The summed E-state index contributed by atoms with van der Waals surface area (Å²) in [5.74, 6) is -1.13. The topological polar surface area (TPSA) is 168 Å². The van der Waals surface area contributed by atoms with Gasteiger partial charge in [0.2, 0.25) is 17.6 Å². The van der Waals surface area contributed by atoms with Crippen molar-refractivity contribution < 1.29 is 24.0 Å². The molecule has 2 bridgehead atoms. The SMILES string of the molecule is CNC(=O)C(=O)CCC(NC(=O)c1nc(Br)sc1C)C(=O)Nc1cccn(CC(=O)NC2C(C)CC3CC(C)CC2C3)c1=O. The van der Waals surface area contributed by atoms with E-state index in [1.54, 1.807) is 13.0 Å². The highest BCUT2D eigenvalue weighted by atomic mass is 79.9. The van der Waals surface area contributed by atoms with Gasteiger partial charge in [-0.1, -0.05) is 13.8 Å². The maximum atomic E-state index is 13.3. The normalized spacial score (nSPS) is 23.2. The van der Waals surface area contributed by atoms with Gasteiger partial charge < -0.3 is 25.8 Å². The van der Waals surface area contributed by atoms with E-state index in [2.05, 4.69) is 56.0 Å². The van der Waals surface area contributed by atoms with Crippen LogP contribution in [0.25, 0.3) is 0 Å². The van der Waals surface area contributed by atoms with Gasteiger partial charge in [-0.15, -0.1) is 11.3 Å². The van der Waals surface area contributed by atoms with Crippen molar-refractivity contribution in [1.29, 1.82) is 0 Å². The fourth-order valence-corrected chi connectivity index (χ4v) is 8.18. The zero-order valence-electron chi connectivity index (χ0n) is 25.3. The fourth-order valence-electron chi connectivity index (χ4n) is 6.65. The minimum absolute atomic E-state index is 0.0592. The number of carbonyl (C=O) groups is 5. The Hall–Kier alpha value is -3.39. The van der Waals surface area contributed by atoms with Crippen molar-refractivity contribution in [1.82, 2.24) is 25.5 Å². The maximum absolute atomic E-state index is 13.3. The molecule has 2 fully saturated rings. The Morgan fingerprint density at radius 1 is 1.14 bits per heavy atom. The van der Waals surface area contributed by atoms with Crippen molar-refractivity contribution in [3.63, 3.8) is 0 Å². The highest BCUT2D eigenvalue weighted by Gasteiger charge is 2.40. The average molecular weight is 692 g/mol. The average Bonchev–Trinajstić information content (AvgIpc) is 3.31. The summed E-state index contributed by atoms with van der Waals surface area (Å²) in [7, 11) is 1.32. The number of pyridine rings is 1. The number of rotatable bonds is 11. The monoisotopic (exact) mass is 690 g/mol. The first kappa shape index (κ1) is 33.5. The van der Waals surface area contributed by atoms with Crippen LogP contribution in [0.1, 0.15) is 67.7 Å². The summed E-state index contributed by atoms with van der Waals surface area (Å²) in [5.41, 5.74) is -0.578. The summed E-state index contributed by atoms with van der Waals surface area (Å²) in [5, 5.41) is 10.5. The van der Waals surface area contributed by atoms with Gasteiger partial charge in [0, 0.05) is 30.6 Å². The van der Waals surface area contributed by atoms with Crippen LogP contribution in [0.15, 0.2) is 27.0 Å². The predicted octanol–water partition coefficient (Wildman–Crippen LogP) is 2.79. The van der Waals surface area contributed by atoms with Gasteiger partial charge >= 0.3 is 0 Å². The molecule has 12 nitrogen and oxygen atoms in total. The zero-order valence-corrected chi connectivity index (χ0v) is 27.7. The number of carbonyl (C=O) groups excluding carboxylic acids is 5. The first-order valence-electron chi connectivity index (χ1n) is 14.8. The van der Waals surface area contributed by atoms with Crippen LogP contribution < -0.4 is 26.8 Å². The summed E-state index contributed by atoms with van der Waals surface area (Å²) in [4.78, 5) is 81.3. The number of ketones is 1. The van der Waals surface area contributed by atoms with E-state index >= 15 is 0 Å². The van der Waals surface area contributed by atoms with Gasteiger partial charge in [0.05, 0.1) is 0 Å². The van der Waals surface area contributed by atoms with E-state index in [-0.39, 0.29) is 42.7 Å². The number of halogens is 1. The smallest absolute Gasteiger partial charge is 0.287 e. The molecule has 6 unspecified atom stereocenters. The molecule has 4 amide bonds. The van der Waals surface area contributed by atoms with E-state index < -0.39 is 35.1 Å². The highest BCUT2D eigenvalue weighted by molar-refractivity contribution is 9.11. The molecule has 6 atom stereocenters. The van der Waals surface area contributed by atoms with Crippen molar-refractivity contribution in [3.05, 3.63) is 43.2 Å². The van der Waals surface area contributed by atoms with Gasteiger partial charge in [0.15, 0.2) is 3.92 Å². The Morgan fingerprint density at radius 2 is 1.89 bits per heavy atom. The first-order valence-corrected chi connectivity index (χ1v) is 16.5. The quantitative estimate of drug-likeness (QED) is 0.263. The molecule has 2 aromatic rings. The van der Waals surface area contributed by atoms with Crippen LogP contribution in [0.3, 0.4) is 0 Å². The van der Waals surface area contributed by atoms with Crippen LogP contribution in [0, 0.1) is 30.6 Å². The van der Waals surface area contributed by atoms with E-state index in [0.29, 0.717) is 32.5 Å². The highest BCUT2D eigenvalue weighted by Crippen LogP contribution is 2.44. The van der Waals surface area contributed by atoms with E-state index in [9.17, 15) is 28.8 Å². The predicted molar refractivity (Wildman–Crippen MR) is 169 cm³/mol. The number of aryl methyl sites for hydroxylation is 1. The molecule has 2 aromatic heterocycles. The van der Waals surface area contributed by atoms with Crippen LogP contribution in [0.4, 0.5) is 5.69 Å². The summed E-state index contributed by atoms with van der Waals surface area (Å²) in [6.45, 7) is 5.93. The minimum atomic E-state index is -1.26. The Kier molecular flexibility index (Phi) is 11.1. The third-order valence-electron chi connectivity index (χ3n) is 8.57. The van der Waals surface area contributed by atoms with Gasteiger partial charge in [-0.2, -0.15) is 0 Å². The second-order valence-corrected chi connectivity index (χ2v) is 14.5. The lowest BCUT2D eigenvalue weighted by Crippen LogP contribution is -2.51. The van der Waals surface area contributed by atoms with E-state index in [1.807, 2.05) is 0 Å². The largest absolute Gasteiger partial charge is 0.353 e. The lowest BCUT2D eigenvalue weighted by atomic mass is 9.63. The molecule has 14 heteroatoms. The van der Waals surface area contributed by atoms with Crippen molar-refractivity contribution in [3.8, 4) is 0 Å². The lowest BCUT2D eigenvalue weighted by molar-refractivity contribution is -0.137. The van der Waals surface area contributed by atoms with Crippen LogP contribution in [0.2, 0.25) is 0 Å². The molecular weight excluding hydrogens is 652 g/mol. The molecule has 0 aliphatic heterocycles. The number of amides is 4. The number of hydrogen-bond donors (Lipinski definition) is 4. The summed E-state index contributed by atoms with van der Waals surface area (Å²) < 4.78 is 1.71. The summed E-state index contributed by atoms with van der Waals surface area (Å²) in [6, 6.07) is 1.74. The molecule has 0 saturated heterocycles. The molecule has 4 rings (SSSR count). The van der Waals surface area contributed by atoms with Gasteiger partial charge in [-0.3, -0.25) is 28.8 Å². The van der Waals surface area contributed by atoms with Crippen molar-refractivity contribution in [2.45, 2.75) is 77.9 Å². The number of hydrogen-bond acceptors (Lipinski definition) is 8. The summed E-state index contributed by atoms with van der Waals surface area (Å²) >= 11 is 4.48. The first-order chi connectivity index (χ1) is 20.9. The second-order valence-electron chi connectivity index (χ2n) is 12.0. The summed E-state index contributed by atoms with van der Waals surface area (Å²) in [6.07, 6.45) is 5.48. The van der Waals surface area contributed by atoms with Crippen LogP contribution >= 0.6 is 27.3 Å². The van der Waals surface area contributed by atoms with Crippen molar-refractivity contribution in [2.75, 3.05) is 12.4 Å². The van der Waals surface area contributed by atoms with E-state index in [1.165, 1.54) is 41.6 Å². The third-order valence-corrected chi connectivity index (χ3v) is 9.99. The molecule has 2 saturated carbocycles. The molecule has 2 heterocycles. The van der Waals surface area contributed by atoms with Gasteiger partial charge in [0.25, 0.3) is 17.4 Å². The second kappa shape index (κ2) is 14.6. The number of aromatic nitrogens is 2. The standard InChI is InChI=1S/C30H39BrN6O6S/c1-15-10-18-12-16(2)24(19(11-15)13-18)35-23(39)14-37-9-5-6-21(29(37)43)34-26(40)20(7-8-22(38)27(41)32-4)33-28(42)25-17(3)44-30(31)36-25/h5-6,9,15-16,18-20,24H,7-8,10-14H2,1-4H3,(H,32,41)(H,33,42)(H,34,40)(H,35,39). The Balaban J connectivity index is 1.45. The Bertz CT molecular complexity index is 1490. The maximum Gasteiger partial charge on any atom is 0.287 e. The number of likely N-dealkylation sites (N-methyl/N-ethyl adjacent to an activating group) is 1. The number of fused-ring (bicyclic) bond motifs is 2. The molecule has 4 N–H and O–H groups in total. The number of thiazole rings is 1. The Morgan fingerprint density at radius 3 is 2.57 bits per heavy atom. The van der Waals surface area contributed by atoms with Crippen LogP contribution in [-0.2, 0) is 25.7 Å². The molecule has 2 aliphatic rings. The minimum Gasteiger partial charge on any atom is -0.353 e. The van der Waals surface area contributed by atoms with Crippen molar-refractivity contribution in [2.24, 2.45) is 23.7 Å². The van der Waals surface area contributed by atoms with Gasteiger partial charge in [-0.05, 0) is 90.8 Å². The van der Waals surface area contributed by atoms with Gasteiger partial charge in [0.1, 0.15) is 24.0 Å². The lowest BCUT2D eigenvalue weighted by Gasteiger charge is -2.46. The van der Waals surface area contributed by atoms with Crippen LogP contribution in [0.5, 0.6) is 0 Å². The van der Waals surface area contributed by atoms with E-state index in [0.717, 1.165) is 19.3 Å². The number of anilines is 1. The Labute approximate surface area is 268 Å². The molecule has 0 spiro atoms. The molecule has 44 heavy (non-hydrogen) atoms. The van der Waals surface area contributed by atoms with Crippen LogP contribution in [-0.4, -0.2) is 58.1 Å². The molecule has 0 radical (unpaired) electrons. The fraction of sp³-hybridized carbons (Fsp3) is 0.567. The molecule has 238 valence electrons. The number of nitrogens with zero attached hydrogens (tertiary/aromatic N) is 2. The number of Topliss-reactive ketones (excluding diaryl/α,β-unsaturated/α-hetero) is 1. The zero-order chi connectivity index (χ0) is 32.1. The van der Waals surface area contributed by atoms with Gasteiger partial charge in [-0.25, -0.2) is 4.98 Å². The number of nitrogens with one attached hydrogen (secondary N) is 4.